The molecule has 1 amide bonds. The molecule has 0 heterocycles. The first kappa shape index (κ1) is 18.8. The third kappa shape index (κ3) is 3.38. The summed E-state index contributed by atoms with van der Waals surface area (Å²) in [6, 6.07) is 16.7. The van der Waals surface area contributed by atoms with Crippen LogP contribution in [-0.2, 0) is 9.53 Å². The Morgan fingerprint density at radius 3 is 1.93 bits per heavy atom. The Hall–Kier alpha value is -3.54. The van der Waals surface area contributed by atoms with Gasteiger partial charge in [-0.25, -0.2) is 13.6 Å². The molecule has 4 nitrogen and oxygen atoms in total. The summed E-state index contributed by atoms with van der Waals surface area (Å²) in [7, 11) is 1.23. The second-order valence-electron chi connectivity index (χ2n) is 6.78. The smallest absolute Gasteiger partial charge is 0.329 e. The maximum Gasteiger partial charge on any atom is 0.329 e. The molecule has 4 rings (SSSR count). The molecule has 1 N–H and O–H groups in total. The van der Waals surface area contributed by atoms with Crippen LogP contribution in [-0.4, -0.2) is 25.0 Å². The molecule has 0 aromatic heterocycles. The molecule has 0 saturated carbocycles. The molecule has 0 aliphatic heterocycles. The van der Waals surface area contributed by atoms with Crippen molar-refractivity contribution in [1.82, 2.24) is 5.32 Å². The fourth-order valence-corrected chi connectivity index (χ4v) is 3.87. The van der Waals surface area contributed by atoms with Crippen LogP contribution in [0.25, 0.3) is 11.1 Å². The first-order chi connectivity index (χ1) is 14.0. The Labute approximate surface area is 166 Å². The van der Waals surface area contributed by atoms with Gasteiger partial charge in [-0.05, 0) is 34.4 Å². The normalized spacial score (nSPS) is 13.3. The van der Waals surface area contributed by atoms with Crippen molar-refractivity contribution in [1.29, 1.82) is 0 Å². The van der Waals surface area contributed by atoms with Crippen LogP contribution in [0, 0.1) is 11.6 Å². The lowest BCUT2D eigenvalue weighted by Gasteiger charge is -2.24. The highest BCUT2D eigenvalue weighted by atomic mass is 19.1. The lowest BCUT2D eigenvalue weighted by atomic mass is 9.89. The van der Waals surface area contributed by atoms with E-state index in [0.717, 1.165) is 34.4 Å². The molecule has 0 saturated heterocycles. The van der Waals surface area contributed by atoms with Gasteiger partial charge in [0.1, 0.15) is 17.7 Å². The number of halogens is 2. The minimum atomic E-state index is -1.07. The van der Waals surface area contributed by atoms with Crippen LogP contribution in [0.15, 0.2) is 66.7 Å². The van der Waals surface area contributed by atoms with E-state index in [1.165, 1.54) is 7.11 Å². The summed E-state index contributed by atoms with van der Waals surface area (Å²) in [6.45, 7) is 0. The zero-order valence-corrected chi connectivity index (χ0v) is 15.5. The van der Waals surface area contributed by atoms with Gasteiger partial charge in [0.05, 0.1) is 7.11 Å². The number of methoxy groups -OCH3 is 1. The van der Waals surface area contributed by atoms with Crippen molar-refractivity contribution in [2.75, 3.05) is 7.11 Å². The monoisotopic (exact) mass is 393 g/mol. The number of fused-ring (bicyclic) bond motifs is 3. The van der Waals surface area contributed by atoms with E-state index in [9.17, 15) is 18.4 Å². The standard InChI is InChI=1S/C23H17F2NO3/c1-29-23(28)21(26-22(27)13-10-14(24)12-15(25)11-13)20-18-8-4-2-6-16(18)17-7-3-5-9-19(17)20/h2-12,20-21H,1H3,(H,26,27)/t21-/m1/s1. The fraction of sp³-hybridized carbons (Fsp3) is 0.130. The van der Waals surface area contributed by atoms with E-state index in [4.69, 9.17) is 4.74 Å². The molecule has 0 radical (unpaired) electrons. The molecule has 3 aromatic rings. The summed E-state index contributed by atoms with van der Waals surface area (Å²) in [4.78, 5) is 25.3. The van der Waals surface area contributed by atoms with E-state index in [0.29, 0.717) is 6.07 Å². The summed E-state index contributed by atoms with van der Waals surface area (Å²) >= 11 is 0. The van der Waals surface area contributed by atoms with E-state index in [-0.39, 0.29) is 5.56 Å². The number of rotatable bonds is 4. The van der Waals surface area contributed by atoms with E-state index in [2.05, 4.69) is 5.32 Å². The summed E-state index contributed by atoms with van der Waals surface area (Å²) in [5.74, 6) is -3.65. The van der Waals surface area contributed by atoms with E-state index in [1.807, 2.05) is 48.5 Å². The number of carbonyl (C=O) groups excluding carboxylic acids is 2. The van der Waals surface area contributed by atoms with Crippen molar-refractivity contribution in [2.45, 2.75) is 12.0 Å². The van der Waals surface area contributed by atoms with E-state index in [1.54, 1.807) is 0 Å². The van der Waals surface area contributed by atoms with Gasteiger partial charge in [0.2, 0.25) is 0 Å². The first-order valence-electron chi connectivity index (χ1n) is 9.02. The molecule has 0 bridgehead atoms. The van der Waals surface area contributed by atoms with Gasteiger partial charge in [0.25, 0.3) is 5.91 Å². The van der Waals surface area contributed by atoms with Crippen molar-refractivity contribution in [2.24, 2.45) is 0 Å². The number of ether oxygens (including phenoxy) is 1. The largest absolute Gasteiger partial charge is 0.467 e. The Morgan fingerprint density at radius 1 is 0.897 bits per heavy atom. The van der Waals surface area contributed by atoms with Crippen LogP contribution >= 0.6 is 0 Å². The molecule has 0 fully saturated rings. The Bertz CT molecular complexity index is 1050. The minimum absolute atomic E-state index is 0.212. The number of benzene rings is 3. The average molecular weight is 393 g/mol. The van der Waals surface area contributed by atoms with Crippen LogP contribution in [0.3, 0.4) is 0 Å². The topological polar surface area (TPSA) is 55.4 Å². The van der Waals surface area contributed by atoms with Gasteiger partial charge in [-0.15, -0.1) is 0 Å². The second kappa shape index (κ2) is 7.47. The quantitative estimate of drug-likeness (QED) is 0.681. The second-order valence-corrected chi connectivity index (χ2v) is 6.78. The highest BCUT2D eigenvalue weighted by molar-refractivity contribution is 5.98. The van der Waals surface area contributed by atoms with Gasteiger partial charge in [0.15, 0.2) is 0 Å². The van der Waals surface area contributed by atoms with E-state index >= 15 is 0 Å². The molecule has 0 spiro atoms. The maximum absolute atomic E-state index is 13.5. The third-order valence-corrected chi connectivity index (χ3v) is 5.08. The van der Waals surface area contributed by atoms with Crippen LogP contribution in [0.4, 0.5) is 8.78 Å². The minimum Gasteiger partial charge on any atom is -0.467 e. The summed E-state index contributed by atoms with van der Waals surface area (Å²) < 4.78 is 32.0. The molecule has 0 unspecified atom stereocenters. The number of carbonyl (C=O) groups is 2. The van der Waals surface area contributed by atoms with Crippen LogP contribution in [0.1, 0.15) is 27.4 Å². The first-order valence-corrected chi connectivity index (χ1v) is 9.02. The van der Waals surface area contributed by atoms with Crippen molar-refractivity contribution >= 4 is 11.9 Å². The molecule has 1 aliphatic carbocycles. The number of nitrogens with one attached hydrogen (secondary N) is 1. The van der Waals surface area contributed by atoms with Gasteiger partial charge in [-0.2, -0.15) is 0 Å². The Morgan fingerprint density at radius 2 is 1.41 bits per heavy atom. The third-order valence-electron chi connectivity index (χ3n) is 5.08. The van der Waals surface area contributed by atoms with Crippen molar-refractivity contribution in [3.05, 3.63) is 95.1 Å². The summed E-state index contributed by atoms with van der Waals surface area (Å²) in [5, 5.41) is 2.62. The molecule has 146 valence electrons. The predicted octanol–water partition coefficient (Wildman–Crippen LogP) is 4.05. The van der Waals surface area contributed by atoms with Crippen molar-refractivity contribution < 1.29 is 23.1 Å². The highest BCUT2D eigenvalue weighted by Crippen LogP contribution is 2.46. The van der Waals surface area contributed by atoms with Crippen LogP contribution < -0.4 is 5.32 Å². The summed E-state index contributed by atoms with van der Waals surface area (Å²) in [6.07, 6.45) is 0. The number of amides is 1. The molecule has 1 atom stereocenters. The van der Waals surface area contributed by atoms with Gasteiger partial charge >= 0.3 is 5.97 Å². The van der Waals surface area contributed by atoms with Gasteiger partial charge in [0, 0.05) is 17.5 Å². The van der Waals surface area contributed by atoms with Crippen molar-refractivity contribution in [3.8, 4) is 11.1 Å². The van der Waals surface area contributed by atoms with Crippen molar-refractivity contribution in [3.63, 3.8) is 0 Å². The van der Waals surface area contributed by atoms with E-state index < -0.39 is 35.5 Å². The van der Waals surface area contributed by atoms with Crippen LogP contribution in [0.2, 0.25) is 0 Å². The maximum atomic E-state index is 13.5. The molecular weight excluding hydrogens is 376 g/mol. The Balaban J connectivity index is 1.76. The molecule has 3 aromatic carbocycles. The fourth-order valence-electron chi connectivity index (χ4n) is 3.87. The zero-order chi connectivity index (χ0) is 20.5. The van der Waals surface area contributed by atoms with Gasteiger partial charge < -0.3 is 10.1 Å². The Kier molecular flexibility index (Phi) is 4.84. The lowest BCUT2D eigenvalue weighted by Crippen LogP contribution is -2.45. The number of hydrogen-bond donors (Lipinski definition) is 1. The zero-order valence-electron chi connectivity index (χ0n) is 15.5. The number of hydrogen-bond acceptors (Lipinski definition) is 3. The molecular formula is C23H17F2NO3. The van der Waals surface area contributed by atoms with Crippen LogP contribution in [0.5, 0.6) is 0 Å². The molecule has 6 heteroatoms. The average Bonchev–Trinajstić information content (AvgIpc) is 3.05. The summed E-state index contributed by atoms with van der Waals surface area (Å²) in [5.41, 5.74) is 3.46. The SMILES string of the molecule is COC(=O)[C@H](NC(=O)c1cc(F)cc(F)c1)C1c2ccccc2-c2ccccc21. The number of esters is 1. The van der Waals surface area contributed by atoms with Gasteiger partial charge in [-0.3, -0.25) is 4.79 Å². The highest BCUT2D eigenvalue weighted by Gasteiger charge is 2.39. The molecule has 1 aliphatic rings. The predicted molar refractivity (Wildman–Crippen MR) is 103 cm³/mol. The van der Waals surface area contributed by atoms with Gasteiger partial charge in [-0.1, -0.05) is 48.5 Å². The molecule has 29 heavy (non-hydrogen) atoms. The lowest BCUT2D eigenvalue weighted by molar-refractivity contribution is -0.143.